The number of hydrogen-bond acceptors (Lipinski definition) is 3. The molecule has 0 aliphatic rings. The Hall–Kier alpha value is -0.940. The molecule has 0 saturated carbocycles. The van der Waals surface area contributed by atoms with Crippen molar-refractivity contribution in [3.63, 3.8) is 0 Å². The normalized spacial score (nSPS) is 13.5. The molecule has 0 aliphatic carbocycles. The summed E-state index contributed by atoms with van der Waals surface area (Å²) in [4.78, 5) is 11.5. The van der Waals surface area contributed by atoms with Gasteiger partial charge in [0, 0.05) is 11.8 Å². The Morgan fingerprint density at radius 3 is 2.53 bits per heavy atom. The molecule has 0 heterocycles. The van der Waals surface area contributed by atoms with Crippen LogP contribution in [0.5, 0.6) is 0 Å². The molecule has 6 heteroatoms. The summed E-state index contributed by atoms with van der Waals surface area (Å²) in [5.41, 5.74) is -0.0552. The average Bonchev–Trinajstić information content (AvgIpc) is 2.14. The zero-order valence-corrected chi connectivity index (χ0v) is 9.35. The second kappa shape index (κ2) is 4.28. The van der Waals surface area contributed by atoms with Crippen LogP contribution < -0.4 is 0 Å². The van der Waals surface area contributed by atoms with Crippen LogP contribution in [0.2, 0.25) is 0 Å². The third kappa shape index (κ3) is 3.00. The summed E-state index contributed by atoms with van der Waals surface area (Å²) < 4.78 is 33.0. The minimum absolute atomic E-state index is 0.0552. The molecule has 1 rings (SSSR count). The van der Waals surface area contributed by atoms with Gasteiger partial charge in [-0.3, -0.25) is 4.79 Å². The number of carbonyl (C=O) groups is 1. The third-order valence-electron chi connectivity index (χ3n) is 1.69. The summed E-state index contributed by atoms with van der Waals surface area (Å²) >= 11 is 5.43. The standard InChI is InChI=1S/C9H8ClFO3S/c1-15(13,14)9(10)8(12)6-3-2-4-7(11)5-6/h2-5,9H,1H3/t9-/m0/s1. The molecule has 1 aromatic carbocycles. The van der Waals surface area contributed by atoms with Crippen LogP contribution in [0.15, 0.2) is 24.3 Å². The molecule has 1 atom stereocenters. The lowest BCUT2D eigenvalue weighted by Gasteiger charge is -2.05. The number of ketones is 1. The summed E-state index contributed by atoms with van der Waals surface area (Å²) in [6.07, 6.45) is 0.849. The summed E-state index contributed by atoms with van der Waals surface area (Å²) in [6, 6.07) is 4.73. The Kier molecular flexibility index (Phi) is 3.46. The Bertz CT molecular complexity index is 484. The Morgan fingerprint density at radius 1 is 1.47 bits per heavy atom. The molecular formula is C9H8ClFO3S. The van der Waals surface area contributed by atoms with E-state index in [1.807, 2.05) is 0 Å². The van der Waals surface area contributed by atoms with Gasteiger partial charge in [-0.2, -0.15) is 0 Å². The highest BCUT2D eigenvalue weighted by Crippen LogP contribution is 2.14. The number of hydrogen-bond donors (Lipinski definition) is 0. The Balaban J connectivity index is 3.06. The van der Waals surface area contributed by atoms with E-state index in [0.717, 1.165) is 18.4 Å². The van der Waals surface area contributed by atoms with E-state index >= 15 is 0 Å². The first-order chi connectivity index (χ1) is 6.82. The summed E-state index contributed by atoms with van der Waals surface area (Å²) in [7, 11) is -3.67. The van der Waals surface area contributed by atoms with Crippen LogP contribution in [-0.4, -0.2) is 25.2 Å². The molecule has 0 aromatic heterocycles. The summed E-state index contributed by atoms with van der Waals surface area (Å²) in [6.45, 7) is 0. The number of rotatable bonds is 3. The van der Waals surface area contributed by atoms with E-state index < -0.39 is 26.1 Å². The fraction of sp³-hybridized carbons (Fsp3) is 0.222. The van der Waals surface area contributed by atoms with Crippen LogP contribution in [0.25, 0.3) is 0 Å². The molecule has 0 fully saturated rings. The van der Waals surface area contributed by atoms with E-state index in [-0.39, 0.29) is 5.56 Å². The molecule has 0 N–H and O–H groups in total. The second-order valence-electron chi connectivity index (χ2n) is 3.02. The molecule has 0 amide bonds. The van der Waals surface area contributed by atoms with E-state index in [2.05, 4.69) is 0 Å². The highest BCUT2D eigenvalue weighted by molar-refractivity contribution is 7.93. The van der Waals surface area contributed by atoms with Crippen LogP contribution >= 0.6 is 11.6 Å². The van der Waals surface area contributed by atoms with Crippen molar-refractivity contribution in [3.05, 3.63) is 35.6 Å². The third-order valence-corrected chi connectivity index (χ3v) is 3.83. The highest BCUT2D eigenvalue weighted by Gasteiger charge is 2.27. The average molecular weight is 251 g/mol. The molecule has 0 radical (unpaired) electrons. The first-order valence-corrected chi connectivity index (χ1v) is 6.34. The maximum Gasteiger partial charge on any atom is 0.197 e. The number of alkyl halides is 1. The largest absolute Gasteiger partial charge is 0.291 e. The minimum Gasteiger partial charge on any atom is -0.291 e. The van der Waals surface area contributed by atoms with Gasteiger partial charge in [0.2, 0.25) is 0 Å². The fourth-order valence-corrected chi connectivity index (χ4v) is 1.62. The zero-order valence-electron chi connectivity index (χ0n) is 7.78. The number of sulfone groups is 1. The van der Waals surface area contributed by atoms with Crippen molar-refractivity contribution in [1.29, 1.82) is 0 Å². The predicted molar refractivity (Wildman–Crippen MR) is 55.2 cm³/mol. The van der Waals surface area contributed by atoms with Crippen LogP contribution in [0.4, 0.5) is 4.39 Å². The molecule has 0 bridgehead atoms. The molecule has 1 aromatic rings. The lowest BCUT2D eigenvalue weighted by Crippen LogP contribution is -2.23. The van der Waals surface area contributed by atoms with Gasteiger partial charge in [0.25, 0.3) is 0 Å². The van der Waals surface area contributed by atoms with Gasteiger partial charge < -0.3 is 0 Å². The van der Waals surface area contributed by atoms with Crippen molar-refractivity contribution in [1.82, 2.24) is 0 Å². The van der Waals surface area contributed by atoms with Gasteiger partial charge in [-0.05, 0) is 12.1 Å². The van der Waals surface area contributed by atoms with Crippen LogP contribution in [0.3, 0.4) is 0 Å². The number of halogens is 2. The molecule has 0 spiro atoms. The van der Waals surface area contributed by atoms with E-state index in [1.54, 1.807) is 0 Å². The van der Waals surface area contributed by atoms with Gasteiger partial charge >= 0.3 is 0 Å². The van der Waals surface area contributed by atoms with Gasteiger partial charge in [0.05, 0.1) is 0 Å². The topological polar surface area (TPSA) is 51.2 Å². The molecule has 82 valence electrons. The number of benzene rings is 1. The van der Waals surface area contributed by atoms with Gasteiger partial charge in [0.1, 0.15) is 5.82 Å². The van der Waals surface area contributed by atoms with Gasteiger partial charge in [-0.15, -0.1) is 0 Å². The van der Waals surface area contributed by atoms with Crippen molar-refractivity contribution < 1.29 is 17.6 Å². The van der Waals surface area contributed by atoms with Gasteiger partial charge in [-0.1, -0.05) is 23.7 Å². The maximum atomic E-state index is 12.7. The van der Waals surface area contributed by atoms with Gasteiger partial charge in [0.15, 0.2) is 20.3 Å². The predicted octanol–water partition coefficient (Wildman–Crippen LogP) is 1.62. The summed E-state index contributed by atoms with van der Waals surface area (Å²) in [5.74, 6) is -1.43. The molecule has 15 heavy (non-hydrogen) atoms. The maximum absolute atomic E-state index is 12.7. The highest BCUT2D eigenvalue weighted by atomic mass is 35.5. The first kappa shape index (κ1) is 12.1. The number of carbonyl (C=O) groups excluding carboxylic acids is 1. The smallest absolute Gasteiger partial charge is 0.197 e. The Labute approximate surface area is 91.8 Å². The molecule has 3 nitrogen and oxygen atoms in total. The second-order valence-corrected chi connectivity index (χ2v) is 5.85. The summed E-state index contributed by atoms with van der Waals surface area (Å²) in [5, 5.41) is 0. The first-order valence-electron chi connectivity index (χ1n) is 3.95. The van der Waals surface area contributed by atoms with Crippen molar-refractivity contribution in [2.45, 2.75) is 4.71 Å². The van der Waals surface area contributed by atoms with E-state index in [0.29, 0.717) is 0 Å². The fourth-order valence-electron chi connectivity index (χ4n) is 0.967. The quantitative estimate of drug-likeness (QED) is 0.605. The SMILES string of the molecule is CS(=O)(=O)[C@H](Cl)C(=O)c1cccc(F)c1. The van der Waals surface area contributed by atoms with Crippen molar-refractivity contribution in [3.8, 4) is 0 Å². The minimum atomic E-state index is -3.67. The monoisotopic (exact) mass is 250 g/mol. The molecule has 0 aliphatic heterocycles. The molecular weight excluding hydrogens is 243 g/mol. The number of Topliss-reactive ketones (excluding diaryl/α,β-unsaturated/α-hetero) is 1. The molecule has 0 saturated heterocycles. The van der Waals surface area contributed by atoms with E-state index in [9.17, 15) is 17.6 Å². The van der Waals surface area contributed by atoms with E-state index in [1.165, 1.54) is 12.1 Å². The Morgan fingerprint density at radius 2 is 2.07 bits per heavy atom. The van der Waals surface area contributed by atoms with E-state index in [4.69, 9.17) is 11.6 Å². The van der Waals surface area contributed by atoms with Gasteiger partial charge in [-0.25, -0.2) is 12.8 Å². The van der Waals surface area contributed by atoms with Crippen molar-refractivity contribution in [2.75, 3.05) is 6.26 Å². The van der Waals surface area contributed by atoms with Crippen molar-refractivity contribution >= 4 is 27.2 Å². The van der Waals surface area contributed by atoms with Crippen LogP contribution in [0.1, 0.15) is 10.4 Å². The molecule has 0 unspecified atom stereocenters. The van der Waals surface area contributed by atoms with Crippen molar-refractivity contribution in [2.24, 2.45) is 0 Å². The van der Waals surface area contributed by atoms with Crippen LogP contribution in [0, 0.1) is 5.82 Å². The van der Waals surface area contributed by atoms with Crippen LogP contribution in [-0.2, 0) is 9.84 Å². The zero-order chi connectivity index (χ0) is 11.6. The lowest BCUT2D eigenvalue weighted by molar-refractivity contribution is 0.101. The lowest BCUT2D eigenvalue weighted by atomic mass is 10.1.